The number of aromatic nitrogens is 2. The number of nitrogens with one attached hydrogen (secondary N) is 2. The Morgan fingerprint density at radius 3 is 2.57 bits per heavy atom. The van der Waals surface area contributed by atoms with Gasteiger partial charge in [-0.05, 0) is 24.3 Å². The van der Waals surface area contributed by atoms with E-state index in [1.807, 2.05) is 36.4 Å². The van der Waals surface area contributed by atoms with Gasteiger partial charge < -0.3 is 5.32 Å². The molecule has 0 radical (unpaired) electrons. The molecule has 4 N–H and O–H groups in total. The fourth-order valence-corrected chi connectivity index (χ4v) is 2.31. The Balaban J connectivity index is 2.13. The minimum Gasteiger partial charge on any atom is -0.338 e. The van der Waals surface area contributed by atoms with Gasteiger partial charge in [-0.2, -0.15) is 4.98 Å². The second-order valence-corrected chi connectivity index (χ2v) is 5.07. The van der Waals surface area contributed by atoms with Crippen LogP contribution in [-0.4, -0.2) is 9.97 Å². The lowest BCUT2D eigenvalue weighted by Gasteiger charge is -2.12. The van der Waals surface area contributed by atoms with Crippen LogP contribution in [0, 0.1) is 0 Å². The van der Waals surface area contributed by atoms with Gasteiger partial charge in [-0.3, -0.25) is 5.43 Å². The van der Waals surface area contributed by atoms with Crippen LogP contribution in [-0.2, 0) is 0 Å². The van der Waals surface area contributed by atoms with Gasteiger partial charge in [-0.25, -0.2) is 10.8 Å². The maximum atomic E-state index is 6.19. The van der Waals surface area contributed by atoms with Crippen molar-refractivity contribution in [3.8, 4) is 0 Å². The third-order valence-electron chi connectivity index (χ3n) is 2.94. The lowest BCUT2D eigenvalue weighted by Crippen LogP contribution is -2.11. The number of nitrogen functional groups attached to an aromatic ring is 1. The quantitative estimate of drug-likeness (QED) is 0.503. The van der Waals surface area contributed by atoms with Crippen molar-refractivity contribution in [3.63, 3.8) is 0 Å². The maximum Gasteiger partial charge on any atom is 0.239 e. The predicted octanol–water partition coefficient (Wildman–Crippen LogP) is 3.97. The zero-order valence-corrected chi connectivity index (χ0v) is 12.3. The lowest BCUT2D eigenvalue weighted by atomic mass is 10.2. The number of para-hydroxylation sites is 1. The smallest absolute Gasteiger partial charge is 0.239 e. The molecule has 0 amide bonds. The minimum absolute atomic E-state index is 0.314. The highest BCUT2D eigenvalue weighted by atomic mass is 35.5. The first-order chi connectivity index (χ1) is 10.2. The largest absolute Gasteiger partial charge is 0.338 e. The molecule has 0 fully saturated rings. The van der Waals surface area contributed by atoms with E-state index in [1.165, 1.54) is 0 Å². The van der Waals surface area contributed by atoms with Crippen LogP contribution >= 0.6 is 23.2 Å². The molecule has 3 rings (SSSR count). The van der Waals surface area contributed by atoms with Gasteiger partial charge in [-0.15, -0.1) is 0 Å². The summed E-state index contributed by atoms with van der Waals surface area (Å²) in [6.45, 7) is 0. The molecule has 1 aromatic heterocycles. The molecule has 1 heterocycles. The van der Waals surface area contributed by atoms with Gasteiger partial charge in [0.15, 0.2) is 0 Å². The molecule has 3 aromatic rings. The van der Waals surface area contributed by atoms with E-state index in [0.717, 1.165) is 10.9 Å². The summed E-state index contributed by atoms with van der Waals surface area (Å²) in [4.78, 5) is 8.62. The first-order valence-corrected chi connectivity index (χ1v) is 6.89. The molecule has 21 heavy (non-hydrogen) atoms. The van der Waals surface area contributed by atoms with E-state index in [4.69, 9.17) is 29.0 Å². The number of benzene rings is 2. The van der Waals surface area contributed by atoms with Crippen molar-refractivity contribution in [2.24, 2.45) is 5.84 Å². The lowest BCUT2D eigenvalue weighted by molar-refractivity contribution is 1.15. The van der Waals surface area contributed by atoms with Crippen LogP contribution in [0.5, 0.6) is 0 Å². The second-order valence-electron chi connectivity index (χ2n) is 4.28. The van der Waals surface area contributed by atoms with E-state index in [1.54, 1.807) is 6.07 Å². The molecule has 0 unspecified atom stereocenters. The summed E-state index contributed by atoms with van der Waals surface area (Å²) in [5.74, 6) is 6.32. The van der Waals surface area contributed by atoms with E-state index in [0.29, 0.717) is 27.5 Å². The van der Waals surface area contributed by atoms with Gasteiger partial charge in [0.25, 0.3) is 0 Å². The van der Waals surface area contributed by atoms with Crippen molar-refractivity contribution in [1.82, 2.24) is 9.97 Å². The summed E-state index contributed by atoms with van der Waals surface area (Å²) < 4.78 is 0. The molecule has 0 aliphatic rings. The molecule has 0 saturated carbocycles. The summed E-state index contributed by atoms with van der Waals surface area (Å²) in [6, 6.07) is 12.9. The van der Waals surface area contributed by atoms with Crippen molar-refractivity contribution in [3.05, 3.63) is 52.5 Å². The van der Waals surface area contributed by atoms with Gasteiger partial charge in [0.05, 0.1) is 21.2 Å². The average Bonchev–Trinajstić information content (AvgIpc) is 2.51. The van der Waals surface area contributed by atoms with Crippen LogP contribution in [0.4, 0.5) is 17.5 Å². The first kappa shape index (κ1) is 13.9. The Labute approximate surface area is 131 Å². The molecule has 106 valence electrons. The topological polar surface area (TPSA) is 75.9 Å². The summed E-state index contributed by atoms with van der Waals surface area (Å²) in [6.07, 6.45) is 0. The van der Waals surface area contributed by atoms with Crippen molar-refractivity contribution < 1.29 is 0 Å². The van der Waals surface area contributed by atoms with Gasteiger partial charge in [0.2, 0.25) is 5.95 Å². The number of rotatable bonds is 3. The van der Waals surface area contributed by atoms with Crippen LogP contribution < -0.4 is 16.6 Å². The molecule has 0 saturated heterocycles. The van der Waals surface area contributed by atoms with Gasteiger partial charge in [-0.1, -0.05) is 41.4 Å². The molecular formula is C14H11Cl2N5. The van der Waals surface area contributed by atoms with Crippen LogP contribution in [0.2, 0.25) is 10.0 Å². The van der Waals surface area contributed by atoms with Crippen molar-refractivity contribution in [2.75, 3.05) is 10.7 Å². The number of anilines is 3. The molecule has 0 spiro atoms. The first-order valence-electron chi connectivity index (χ1n) is 6.13. The summed E-state index contributed by atoms with van der Waals surface area (Å²) in [5.41, 5.74) is 3.88. The predicted molar refractivity (Wildman–Crippen MR) is 87.1 cm³/mol. The van der Waals surface area contributed by atoms with E-state index < -0.39 is 0 Å². The maximum absolute atomic E-state index is 6.19. The molecule has 0 atom stereocenters. The Kier molecular flexibility index (Phi) is 3.79. The summed E-state index contributed by atoms with van der Waals surface area (Å²) in [7, 11) is 0. The standard InChI is InChI=1S/C14H11Cl2N5/c15-9-5-3-7-11(12(9)16)18-13-8-4-1-2-6-10(8)19-14(20-13)21-17/h1-7H,17H2,(H2,18,19,20,21). The summed E-state index contributed by atoms with van der Waals surface area (Å²) >= 11 is 12.2. The number of hydrazine groups is 1. The van der Waals surface area contributed by atoms with Crippen molar-refractivity contribution in [2.45, 2.75) is 0 Å². The number of nitrogens with two attached hydrogens (primary N) is 1. The average molecular weight is 320 g/mol. The zero-order chi connectivity index (χ0) is 14.8. The Bertz CT molecular complexity index is 806. The second kappa shape index (κ2) is 5.73. The monoisotopic (exact) mass is 319 g/mol. The molecule has 2 aromatic carbocycles. The number of nitrogens with zero attached hydrogens (tertiary/aromatic N) is 2. The van der Waals surface area contributed by atoms with Crippen LogP contribution in [0.15, 0.2) is 42.5 Å². The number of halogens is 2. The Morgan fingerprint density at radius 2 is 1.76 bits per heavy atom. The van der Waals surface area contributed by atoms with Crippen molar-refractivity contribution in [1.29, 1.82) is 0 Å². The number of fused-ring (bicyclic) bond motifs is 1. The highest BCUT2D eigenvalue weighted by Gasteiger charge is 2.10. The van der Waals surface area contributed by atoms with E-state index >= 15 is 0 Å². The van der Waals surface area contributed by atoms with E-state index in [-0.39, 0.29) is 0 Å². The molecule has 5 nitrogen and oxygen atoms in total. The van der Waals surface area contributed by atoms with Gasteiger partial charge in [0, 0.05) is 5.39 Å². The van der Waals surface area contributed by atoms with Crippen molar-refractivity contribution >= 4 is 51.6 Å². The van der Waals surface area contributed by atoms with Crippen LogP contribution in [0.1, 0.15) is 0 Å². The third-order valence-corrected chi connectivity index (χ3v) is 3.76. The third kappa shape index (κ3) is 2.71. The molecule has 7 heteroatoms. The molecule has 0 aliphatic carbocycles. The molecule has 0 aliphatic heterocycles. The normalized spacial score (nSPS) is 10.6. The van der Waals surface area contributed by atoms with Crippen LogP contribution in [0.25, 0.3) is 10.9 Å². The van der Waals surface area contributed by atoms with Crippen LogP contribution in [0.3, 0.4) is 0 Å². The molecule has 0 bridgehead atoms. The minimum atomic E-state index is 0.314. The molecular weight excluding hydrogens is 309 g/mol. The SMILES string of the molecule is NNc1nc(Nc2cccc(Cl)c2Cl)c2ccccc2n1. The number of hydrogen-bond acceptors (Lipinski definition) is 5. The Hall–Kier alpha value is -2.08. The fourth-order valence-electron chi connectivity index (χ4n) is 1.96. The highest BCUT2D eigenvalue weighted by molar-refractivity contribution is 6.43. The van der Waals surface area contributed by atoms with Gasteiger partial charge in [0.1, 0.15) is 5.82 Å². The van der Waals surface area contributed by atoms with E-state index in [9.17, 15) is 0 Å². The highest BCUT2D eigenvalue weighted by Crippen LogP contribution is 2.33. The van der Waals surface area contributed by atoms with Gasteiger partial charge >= 0.3 is 0 Å². The number of hydrogen-bond donors (Lipinski definition) is 3. The summed E-state index contributed by atoms with van der Waals surface area (Å²) in [5, 5.41) is 4.93. The van der Waals surface area contributed by atoms with E-state index in [2.05, 4.69) is 20.7 Å². The zero-order valence-electron chi connectivity index (χ0n) is 10.8. The Morgan fingerprint density at radius 1 is 0.952 bits per heavy atom. The fraction of sp³-hybridized carbons (Fsp3) is 0.